The molecule has 0 spiro atoms. The van der Waals surface area contributed by atoms with Crippen molar-refractivity contribution in [3.63, 3.8) is 0 Å². The number of rotatable bonds is 9. The zero-order chi connectivity index (χ0) is 22.7. The third-order valence-corrected chi connectivity index (χ3v) is 4.89. The van der Waals surface area contributed by atoms with E-state index in [1.165, 1.54) is 6.33 Å². The van der Waals surface area contributed by atoms with E-state index in [0.29, 0.717) is 30.4 Å². The van der Waals surface area contributed by atoms with Crippen molar-refractivity contribution in [1.82, 2.24) is 9.97 Å². The number of aromatic nitrogens is 2. The summed E-state index contributed by atoms with van der Waals surface area (Å²) >= 11 is 0. The molecule has 1 amide bonds. The minimum absolute atomic E-state index is 0.167. The van der Waals surface area contributed by atoms with Gasteiger partial charge in [0, 0.05) is 13.1 Å². The molecule has 0 saturated heterocycles. The predicted octanol–water partition coefficient (Wildman–Crippen LogP) is 5.45. The molecular weight excluding hydrogens is 414 g/mol. The van der Waals surface area contributed by atoms with Crippen LogP contribution >= 0.6 is 0 Å². The van der Waals surface area contributed by atoms with Gasteiger partial charge in [-0.2, -0.15) is 0 Å². The first-order chi connectivity index (χ1) is 16.3. The van der Waals surface area contributed by atoms with E-state index in [9.17, 15) is 4.79 Å². The van der Waals surface area contributed by atoms with Gasteiger partial charge >= 0.3 is 6.09 Å². The molecule has 0 aliphatic carbocycles. The van der Waals surface area contributed by atoms with Crippen LogP contribution in [0.3, 0.4) is 0 Å². The highest BCUT2D eigenvalue weighted by Crippen LogP contribution is 2.28. The minimum Gasteiger partial charge on any atom is -0.444 e. The molecule has 1 aromatic heterocycles. The summed E-state index contributed by atoms with van der Waals surface area (Å²) in [6.07, 6.45) is 0.875. The topological polar surface area (TPSA) is 88.2 Å². The molecule has 0 aliphatic rings. The number of anilines is 3. The molecule has 7 nitrogen and oxygen atoms in total. The van der Waals surface area contributed by atoms with Crippen LogP contribution in [-0.2, 0) is 24.4 Å². The molecule has 0 saturated carbocycles. The van der Waals surface area contributed by atoms with Gasteiger partial charge < -0.3 is 15.4 Å². The maximum atomic E-state index is 12.6. The summed E-state index contributed by atoms with van der Waals surface area (Å²) in [6.45, 7) is 1.26. The van der Waals surface area contributed by atoms with Crippen LogP contribution in [0.2, 0.25) is 0 Å². The first-order valence-corrected chi connectivity index (χ1v) is 10.7. The van der Waals surface area contributed by atoms with E-state index in [0.717, 1.165) is 16.7 Å². The summed E-state index contributed by atoms with van der Waals surface area (Å²) in [5.74, 6) is 1.00. The molecule has 0 atom stereocenters. The zero-order valence-electron chi connectivity index (χ0n) is 18.1. The summed E-state index contributed by atoms with van der Waals surface area (Å²) < 4.78 is 5.41. The molecule has 7 heteroatoms. The Labute approximate surface area is 192 Å². The van der Waals surface area contributed by atoms with Gasteiger partial charge in [0.1, 0.15) is 18.6 Å². The van der Waals surface area contributed by atoms with Crippen molar-refractivity contribution < 1.29 is 9.53 Å². The Morgan fingerprint density at radius 2 is 1.12 bits per heavy atom. The number of ether oxygens (including phenoxy) is 1. The molecule has 33 heavy (non-hydrogen) atoms. The Morgan fingerprint density at radius 3 is 1.61 bits per heavy atom. The van der Waals surface area contributed by atoms with Gasteiger partial charge in [-0.1, -0.05) is 91.0 Å². The molecule has 4 aromatic rings. The van der Waals surface area contributed by atoms with Gasteiger partial charge in [0.2, 0.25) is 0 Å². The molecule has 166 valence electrons. The Bertz CT molecular complexity index is 1090. The van der Waals surface area contributed by atoms with Crippen molar-refractivity contribution in [3.8, 4) is 0 Å². The van der Waals surface area contributed by atoms with Crippen LogP contribution in [0.15, 0.2) is 97.3 Å². The molecule has 4 rings (SSSR count). The Kier molecular flexibility index (Phi) is 7.47. The average molecular weight is 440 g/mol. The minimum atomic E-state index is -0.584. The fraction of sp³-hybridized carbons (Fsp3) is 0.115. The van der Waals surface area contributed by atoms with Gasteiger partial charge in [0.15, 0.2) is 11.6 Å². The zero-order valence-corrected chi connectivity index (χ0v) is 18.1. The van der Waals surface area contributed by atoms with Crippen molar-refractivity contribution in [1.29, 1.82) is 0 Å². The monoisotopic (exact) mass is 439 g/mol. The second kappa shape index (κ2) is 11.3. The number of nitrogens with zero attached hydrogens (tertiary/aromatic N) is 2. The maximum absolute atomic E-state index is 12.6. The quantitative estimate of drug-likeness (QED) is 0.321. The molecule has 3 N–H and O–H groups in total. The normalized spacial score (nSPS) is 10.3. The largest absolute Gasteiger partial charge is 0.444 e. The fourth-order valence-electron chi connectivity index (χ4n) is 3.20. The molecule has 3 aromatic carbocycles. The second-order valence-electron chi connectivity index (χ2n) is 7.31. The standard InChI is InChI=1S/C26H25N5O2/c32-26(33-18-22-14-8-3-9-15-22)31-23-24(27-16-20-10-4-1-5-11-20)29-19-30-25(23)28-17-21-12-6-2-7-13-21/h1-15,19H,16-18H2,(H,31,32)(H2,27,28,29,30). The van der Waals surface area contributed by atoms with E-state index in [1.54, 1.807) is 0 Å². The predicted molar refractivity (Wildman–Crippen MR) is 130 cm³/mol. The summed E-state index contributed by atoms with van der Waals surface area (Å²) in [7, 11) is 0. The molecule has 0 unspecified atom stereocenters. The van der Waals surface area contributed by atoms with Gasteiger partial charge in [-0.3, -0.25) is 5.32 Å². The molecule has 1 heterocycles. The number of benzene rings is 3. The number of hydrogen-bond acceptors (Lipinski definition) is 6. The first kappa shape index (κ1) is 21.8. The van der Waals surface area contributed by atoms with Crippen molar-refractivity contribution >= 4 is 23.4 Å². The van der Waals surface area contributed by atoms with E-state index in [4.69, 9.17) is 4.74 Å². The first-order valence-electron chi connectivity index (χ1n) is 10.7. The van der Waals surface area contributed by atoms with E-state index >= 15 is 0 Å². The number of carbonyl (C=O) groups is 1. The molecule has 0 aliphatic heterocycles. The maximum Gasteiger partial charge on any atom is 0.412 e. The van der Waals surface area contributed by atoms with Gasteiger partial charge in [0.25, 0.3) is 0 Å². The second-order valence-corrected chi connectivity index (χ2v) is 7.31. The smallest absolute Gasteiger partial charge is 0.412 e. The Balaban J connectivity index is 1.50. The van der Waals surface area contributed by atoms with Crippen molar-refractivity contribution in [3.05, 3.63) is 114 Å². The molecule has 0 fully saturated rings. The Morgan fingerprint density at radius 1 is 0.667 bits per heavy atom. The van der Waals surface area contributed by atoms with Crippen LogP contribution in [-0.4, -0.2) is 16.1 Å². The average Bonchev–Trinajstić information content (AvgIpc) is 2.88. The lowest BCUT2D eigenvalue weighted by molar-refractivity contribution is 0.155. The van der Waals surface area contributed by atoms with E-state index in [2.05, 4.69) is 25.9 Å². The molecule has 0 bridgehead atoms. The lowest BCUT2D eigenvalue weighted by Gasteiger charge is -2.16. The van der Waals surface area contributed by atoms with Crippen molar-refractivity contribution in [2.24, 2.45) is 0 Å². The summed E-state index contributed by atoms with van der Waals surface area (Å²) in [5, 5.41) is 9.38. The number of hydrogen-bond donors (Lipinski definition) is 3. The van der Waals surface area contributed by atoms with Gasteiger partial charge in [-0.05, 0) is 16.7 Å². The Hall–Kier alpha value is -4.39. The van der Waals surface area contributed by atoms with Crippen LogP contribution in [0.5, 0.6) is 0 Å². The lowest BCUT2D eigenvalue weighted by Crippen LogP contribution is -2.18. The van der Waals surface area contributed by atoms with Gasteiger partial charge in [-0.25, -0.2) is 14.8 Å². The molecular formula is C26H25N5O2. The van der Waals surface area contributed by atoms with E-state index in [-0.39, 0.29) is 6.61 Å². The lowest BCUT2D eigenvalue weighted by atomic mass is 10.2. The number of carbonyl (C=O) groups excluding carboxylic acids is 1. The van der Waals surface area contributed by atoms with Crippen LogP contribution < -0.4 is 16.0 Å². The highest BCUT2D eigenvalue weighted by atomic mass is 16.5. The highest BCUT2D eigenvalue weighted by molar-refractivity contribution is 5.93. The highest BCUT2D eigenvalue weighted by Gasteiger charge is 2.16. The summed E-state index contributed by atoms with van der Waals surface area (Å²) in [5.41, 5.74) is 3.52. The number of nitrogens with one attached hydrogen (secondary N) is 3. The van der Waals surface area contributed by atoms with Crippen LogP contribution in [0.25, 0.3) is 0 Å². The van der Waals surface area contributed by atoms with Crippen molar-refractivity contribution in [2.45, 2.75) is 19.7 Å². The van der Waals surface area contributed by atoms with E-state index < -0.39 is 6.09 Å². The van der Waals surface area contributed by atoms with Crippen LogP contribution in [0.4, 0.5) is 22.1 Å². The SMILES string of the molecule is O=C(Nc1c(NCc2ccccc2)ncnc1NCc1ccccc1)OCc1ccccc1. The summed E-state index contributed by atoms with van der Waals surface area (Å²) in [4.78, 5) is 21.3. The molecule has 0 radical (unpaired) electrons. The third-order valence-electron chi connectivity index (χ3n) is 4.89. The summed E-state index contributed by atoms with van der Waals surface area (Å²) in [6, 6.07) is 29.4. The third kappa shape index (κ3) is 6.54. The van der Waals surface area contributed by atoms with Crippen molar-refractivity contribution in [2.75, 3.05) is 16.0 Å². The number of amides is 1. The van der Waals surface area contributed by atoms with Gasteiger partial charge in [-0.15, -0.1) is 0 Å². The van der Waals surface area contributed by atoms with Gasteiger partial charge in [0.05, 0.1) is 0 Å². The van der Waals surface area contributed by atoms with Crippen LogP contribution in [0.1, 0.15) is 16.7 Å². The van der Waals surface area contributed by atoms with E-state index in [1.807, 2.05) is 91.0 Å². The van der Waals surface area contributed by atoms with Crippen LogP contribution in [0, 0.1) is 0 Å². The fourth-order valence-corrected chi connectivity index (χ4v) is 3.20.